The maximum atomic E-state index is 11.5. The lowest BCUT2D eigenvalue weighted by molar-refractivity contribution is -0.136. The number of rotatable bonds is 7. The molecule has 20 heavy (non-hydrogen) atoms. The van der Waals surface area contributed by atoms with Gasteiger partial charge in [-0.05, 0) is 24.5 Å². The van der Waals surface area contributed by atoms with Crippen LogP contribution in [0.2, 0.25) is 0 Å². The Labute approximate surface area is 117 Å². The first-order valence-corrected chi connectivity index (χ1v) is 6.70. The molecule has 0 aliphatic carbocycles. The summed E-state index contributed by atoms with van der Waals surface area (Å²) in [6, 6.07) is 8.07. The van der Waals surface area contributed by atoms with Crippen LogP contribution in [0.3, 0.4) is 0 Å². The van der Waals surface area contributed by atoms with E-state index in [-0.39, 0.29) is 18.9 Å². The third kappa shape index (κ3) is 3.85. The van der Waals surface area contributed by atoms with E-state index in [9.17, 15) is 9.59 Å². The molecule has 1 aromatic heterocycles. The number of amides is 1. The summed E-state index contributed by atoms with van der Waals surface area (Å²) in [6.45, 7) is 0.196. The molecule has 0 radical (unpaired) electrons. The summed E-state index contributed by atoms with van der Waals surface area (Å²) in [7, 11) is 0. The van der Waals surface area contributed by atoms with Crippen LogP contribution in [0.25, 0.3) is 10.9 Å². The van der Waals surface area contributed by atoms with Gasteiger partial charge >= 0.3 is 5.97 Å². The Kier molecular flexibility index (Phi) is 4.76. The van der Waals surface area contributed by atoms with Crippen LogP contribution in [-0.4, -0.2) is 28.5 Å². The molecule has 2 rings (SSSR count). The monoisotopic (exact) mass is 274 g/mol. The number of aliphatic carboxylic acids is 1. The van der Waals surface area contributed by atoms with Gasteiger partial charge in [0.15, 0.2) is 0 Å². The van der Waals surface area contributed by atoms with Crippen molar-refractivity contribution in [2.75, 3.05) is 6.54 Å². The first-order valence-electron chi connectivity index (χ1n) is 6.70. The standard InChI is InChI=1S/C15H18N2O3/c18-14(16-9-8-15(19)20)7-3-4-11-10-17-13-6-2-1-5-12(11)13/h1-2,5-6,10,17H,3-4,7-9H2,(H,16,18)(H,19,20). The molecule has 5 heteroatoms. The number of aromatic amines is 1. The van der Waals surface area contributed by atoms with Crippen LogP contribution in [-0.2, 0) is 16.0 Å². The van der Waals surface area contributed by atoms with Crippen molar-refractivity contribution in [3.8, 4) is 0 Å². The predicted octanol–water partition coefficient (Wildman–Crippen LogP) is 2.08. The van der Waals surface area contributed by atoms with Crippen LogP contribution in [0.15, 0.2) is 30.5 Å². The summed E-state index contributed by atoms with van der Waals surface area (Å²) in [4.78, 5) is 25.0. The number of hydrogen-bond donors (Lipinski definition) is 3. The highest BCUT2D eigenvalue weighted by molar-refractivity contribution is 5.83. The van der Waals surface area contributed by atoms with Gasteiger partial charge in [0, 0.05) is 30.1 Å². The van der Waals surface area contributed by atoms with E-state index in [1.807, 2.05) is 24.4 Å². The molecule has 3 N–H and O–H groups in total. The zero-order valence-electron chi connectivity index (χ0n) is 11.2. The van der Waals surface area contributed by atoms with Gasteiger partial charge in [-0.1, -0.05) is 18.2 Å². The van der Waals surface area contributed by atoms with Crippen molar-refractivity contribution in [3.05, 3.63) is 36.0 Å². The average Bonchev–Trinajstić information content (AvgIpc) is 2.82. The second-order valence-electron chi connectivity index (χ2n) is 4.71. The van der Waals surface area contributed by atoms with E-state index < -0.39 is 5.97 Å². The number of aromatic nitrogens is 1. The molecule has 0 fully saturated rings. The second-order valence-corrected chi connectivity index (χ2v) is 4.71. The highest BCUT2D eigenvalue weighted by Crippen LogP contribution is 2.19. The van der Waals surface area contributed by atoms with Crippen molar-refractivity contribution >= 4 is 22.8 Å². The normalized spacial score (nSPS) is 10.6. The van der Waals surface area contributed by atoms with Gasteiger partial charge in [0.25, 0.3) is 0 Å². The number of fused-ring (bicyclic) bond motifs is 1. The van der Waals surface area contributed by atoms with E-state index in [0.29, 0.717) is 6.42 Å². The number of carbonyl (C=O) groups is 2. The van der Waals surface area contributed by atoms with Crippen molar-refractivity contribution in [2.24, 2.45) is 0 Å². The average molecular weight is 274 g/mol. The predicted molar refractivity (Wildman–Crippen MR) is 76.5 cm³/mol. The Morgan fingerprint density at radius 3 is 2.80 bits per heavy atom. The minimum atomic E-state index is -0.899. The van der Waals surface area contributed by atoms with Crippen LogP contribution in [0.4, 0.5) is 0 Å². The second kappa shape index (κ2) is 6.75. The summed E-state index contributed by atoms with van der Waals surface area (Å²) in [6.07, 6.45) is 3.94. The fourth-order valence-corrected chi connectivity index (χ4v) is 2.18. The van der Waals surface area contributed by atoms with Crippen molar-refractivity contribution in [2.45, 2.75) is 25.7 Å². The molecule has 5 nitrogen and oxygen atoms in total. The van der Waals surface area contributed by atoms with Gasteiger partial charge in [-0.25, -0.2) is 0 Å². The number of nitrogens with one attached hydrogen (secondary N) is 2. The molecule has 1 aromatic carbocycles. The number of hydrogen-bond acceptors (Lipinski definition) is 2. The fourth-order valence-electron chi connectivity index (χ4n) is 2.18. The molecule has 106 valence electrons. The summed E-state index contributed by atoms with van der Waals surface area (Å²) < 4.78 is 0. The first kappa shape index (κ1) is 14.1. The van der Waals surface area contributed by atoms with Crippen molar-refractivity contribution in [1.82, 2.24) is 10.3 Å². The molecule has 0 aliphatic rings. The van der Waals surface area contributed by atoms with Crippen LogP contribution < -0.4 is 5.32 Å². The summed E-state index contributed by atoms with van der Waals surface area (Å²) in [5, 5.41) is 12.3. The minimum absolute atomic E-state index is 0.0335. The van der Waals surface area contributed by atoms with Gasteiger partial charge in [-0.15, -0.1) is 0 Å². The molecule has 1 amide bonds. The topological polar surface area (TPSA) is 82.2 Å². The van der Waals surface area contributed by atoms with E-state index in [4.69, 9.17) is 5.11 Å². The van der Waals surface area contributed by atoms with E-state index in [1.165, 1.54) is 10.9 Å². The molecule has 0 saturated heterocycles. The van der Waals surface area contributed by atoms with E-state index >= 15 is 0 Å². The highest BCUT2D eigenvalue weighted by atomic mass is 16.4. The molecular formula is C15H18N2O3. The van der Waals surface area contributed by atoms with Crippen LogP contribution in [0.5, 0.6) is 0 Å². The third-order valence-electron chi connectivity index (χ3n) is 3.19. The zero-order chi connectivity index (χ0) is 14.4. The molecule has 0 spiro atoms. The van der Waals surface area contributed by atoms with Gasteiger partial charge in [0.2, 0.25) is 5.91 Å². The molecule has 0 unspecified atom stereocenters. The lowest BCUT2D eigenvalue weighted by atomic mass is 10.1. The van der Waals surface area contributed by atoms with Gasteiger partial charge in [0.05, 0.1) is 6.42 Å². The number of carbonyl (C=O) groups excluding carboxylic acids is 1. The van der Waals surface area contributed by atoms with Gasteiger partial charge in [-0.2, -0.15) is 0 Å². The number of para-hydroxylation sites is 1. The quantitative estimate of drug-likeness (QED) is 0.723. The van der Waals surface area contributed by atoms with Crippen LogP contribution >= 0.6 is 0 Å². The SMILES string of the molecule is O=C(O)CCNC(=O)CCCc1c[nH]c2ccccc12. The number of benzene rings is 1. The lowest BCUT2D eigenvalue weighted by Crippen LogP contribution is -2.25. The van der Waals surface area contributed by atoms with Crippen LogP contribution in [0, 0.1) is 0 Å². The largest absolute Gasteiger partial charge is 0.481 e. The van der Waals surface area contributed by atoms with Gasteiger partial charge in [-0.3, -0.25) is 9.59 Å². The summed E-state index contributed by atoms with van der Waals surface area (Å²) >= 11 is 0. The Bertz CT molecular complexity index is 604. The lowest BCUT2D eigenvalue weighted by Gasteiger charge is -2.03. The number of carboxylic acids is 1. The van der Waals surface area contributed by atoms with E-state index in [2.05, 4.69) is 16.4 Å². The molecule has 1 heterocycles. The number of aryl methyl sites for hydroxylation is 1. The number of H-pyrrole nitrogens is 1. The van der Waals surface area contributed by atoms with Gasteiger partial charge in [0.1, 0.15) is 0 Å². The van der Waals surface area contributed by atoms with Crippen LogP contribution in [0.1, 0.15) is 24.8 Å². The Balaban J connectivity index is 1.75. The minimum Gasteiger partial charge on any atom is -0.481 e. The molecule has 0 saturated carbocycles. The van der Waals surface area contributed by atoms with Gasteiger partial charge < -0.3 is 15.4 Å². The maximum absolute atomic E-state index is 11.5. The first-order chi connectivity index (χ1) is 9.66. The van der Waals surface area contributed by atoms with Crippen molar-refractivity contribution in [3.63, 3.8) is 0 Å². The molecule has 0 bridgehead atoms. The maximum Gasteiger partial charge on any atom is 0.305 e. The fraction of sp³-hybridized carbons (Fsp3) is 0.333. The zero-order valence-corrected chi connectivity index (χ0v) is 11.2. The Morgan fingerprint density at radius 2 is 2.00 bits per heavy atom. The third-order valence-corrected chi connectivity index (χ3v) is 3.19. The van der Waals surface area contributed by atoms with Crippen molar-refractivity contribution < 1.29 is 14.7 Å². The highest BCUT2D eigenvalue weighted by Gasteiger charge is 2.05. The molecule has 2 aromatic rings. The smallest absolute Gasteiger partial charge is 0.305 e. The number of carboxylic acid groups (broad SMARTS) is 1. The Hall–Kier alpha value is -2.30. The Morgan fingerprint density at radius 1 is 1.20 bits per heavy atom. The van der Waals surface area contributed by atoms with E-state index in [1.54, 1.807) is 0 Å². The molecule has 0 atom stereocenters. The molecular weight excluding hydrogens is 256 g/mol. The van der Waals surface area contributed by atoms with E-state index in [0.717, 1.165) is 18.4 Å². The van der Waals surface area contributed by atoms with Crippen molar-refractivity contribution in [1.29, 1.82) is 0 Å². The summed E-state index contributed by atoms with van der Waals surface area (Å²) in [5.74, 6) is -0.991. The molecule has 0 aliphatic heterocycles. The summed E-state index contributed by atoms with van der Waals surface area (Å²) in [5.41, 5.74) is 2.31.